The van der Waals surface area contributed by atoms with Gasteiger partial charge in [-0.25, -0.2) is 15.0 Å². The Bertz CT molecular complexity index is 2690. The van der Waals surface area contributed by atoms with E-state index >= 15 is 0 Å². The first kappa shape index (κ1) is 43.5. The Balaban J connectivity index is 1.25. The summed E-state index contributed by atoms with van der Waals surface area (Å²) in [7, 11) is 1.47. The number of nitrogens with two attached hydrogens (primary N) is 2. The van der Waals surface area contributed by atoms with Crippen LogP contribution in [0.15, 0.2) is 42.5 Å². The number of piperidine rings is 1. The highest BCUT2D eigenvalue weighted by atomic mass is 32.1. The van der Waals surface area contributed by atoms with Crippen LogP contribution in [0.2, 0.25) is 0 Å². The molecule has 18 nitrogen and oxygen atoms in total. The van der Waals surface area contributed by atoms with Crippen molar-refractivity contribution in [1.82, 2.24) is 38.8 Å². The summed E-state index contributed by atoms with van der Waals surface area (Å²) < 4.78 is 17.3. The van der Waals surface area contributed by atoms with Gasteiger partial charge in [0.1, 0.15) is 33.1 Å². The van der Waals surface area contributed by atoms with Crippen LogP contribution in [0, 0.1) is 13.8 Å². The summed E-state index contributed by atoms with van der Waals surface area (Å²) in [6, 6.07) is 7.98. The van der Waals surface area contributed by atoms with Crippen molar-refractivity contribution >= 4 is 68.9 Å². The molecule has 0 aliphatic carbocycles. The van der Waals surface area contributed by atoms with Crippen LogP contribution in [0.1, 0.15) is 96.8 Å². The molecule has 0 spiro atoms. The van der Waals surface area contributed by atoms with Crippen LogP contribution in [-0.2, 0) is 26.1 Å². The molecule has 7 rings (SSSR count). The van der Waals surface area contributed by atoms with E-state index in [9.17, 15) is 19.2 Å². The van der Waals surface area contributed by atoms with E-state index in [1.165, 1.54) is 43.8 Å². The number of amides is 4. The molecule has 19 heteroatoms. The molecule has 5 heterocycles. The van der Waals surface area contributed by atoms with Gasteiger partial charge in [-0.05, 0) is 89.9 Å². The third-order valence-corrected chi connectivity index (χ3v) is 11.7. The largest absolute Gasteiger partial charge is 0.494 e. The molecule has 0 saturated carbocycles. The number of methoxy groups -OCH3 is 1. The first-order valence-electron chi connectivity index (χ1n) is 20.7. The number of hydrogen-bond donors (Lipinski definition) is 4. The molecule has 6 N–H and O–H groups in total. The van der Waals surface area contributed by atoms with Crippen molar-refractivity contribution in [1.29, 1.82) is 0 Å². The summed E-state index contributed by atoms with van der Waals surface area (Å²) in [4.78, 5) is 69.3. The Hall–Kier alpha value is -6.60. The molecule has 0 atom stereocenters. The van der Waals surface area contributed by atoms with Gasteiger partial charge in [0.05, 0.1) is 41.1 Å². The number of ether oxygens (including phenoxy) is 2. The molecule has 1 fully saturated rings. The third kappa shape index (κ3) is 9.32. The lowest BCUT2D eigenvalue weighted by atomic mass is 10.1. The van der Waals surface area contributed by atoms with Gasteiger partial charge >= 0.3 is 0 Å². The molecular formula is C43H52N12O6S. The van der Waals surface area contributed by atoms with Gasteiger partial charge in [-0.15, -0.1) is 11.3 Å². The van der Waals surface area contributed by atoms with Crippen molar-refractivity contribution in [2.24, 2.45) is 11.5 Å². The average Bonchev–Trinajstić information content (AvgIpc) is 4.03. The minimum atomic E-state index is -0.660. The number of aryl methyl sites for hydroxylation is 4. The zero-order chi connectivity index (χ0) is 44.1. The monoisotopic (exact) mass is 864 g/mol. The molecule has 1 saturated heterocycles. The zero-order valence-corrected chi connectivity index (χ0v) is 36.4. The highest BCUT2D eigenvalue weighted by Crippen LogP contribution is 2.33. The summed E-state index contributed by atoms with van der Waals surface area (Å²) in [5.41, 5.74) is 15.5. The maximum Gasteiger partial charge on any atom is 0.276 e. The average molecular weight is 865 g/mol. The first-order valence-corrected chi connectivity index (χ1v) is 21.6. The van der Waals surface area contributed by atoms with E-state index in [0.29, 0.717) is 75.1 Å². The normalized spacial score (nSPS) is 13.3. The summed E-state index contributed by atoms with van der Waals surface area (Å²) in [6.45, 7) is 11.8. The Labute approximate surface area is 362 Å². The number of hydrogen-bond acceptors (Lipinski definition) is 12. The topological polar surface area (TPSA) is 232 Å². The van der Waals surface area contributed by atoms with Crippen molar-refractivity contribution in [3.8, 4) is 11.5 Å². The predicted octanol–water partition coefficient (Wildman–Crippen LogP) is 5.46. The van der Waals surface area contributed by atoms with Crippen molar-refractivity contribution in [3.05, 3.63) is 80.6 Å². The number of aromatic nitrogens is 7. The van der Waals surface area contributed by atoms with Crippen LogP contribution in [0.25, 0.3) is 22.1 Å². The standard InChI is InChI=1S/C43H52N12O6S/c1-6-29-37(62-26(4)46-29)41(59)50-43-48-31-22-28(39(45)57)24-34(61-19-13-16-52-14-9-8-10-15-52)36(31)54(43)18-12-11-17-53-35-30(21-27(38(44)56)23-33(35)60-5)47-42(53)49-40(58)32-20-25(3)51-55(32)7-2/h11-12,20-24H,6-10,13-19H2,1-5H3,(H2,44,56)(H2,45,57)(H,47,49,58)(H,48,50,59)/b12-11+. The second-order valence-electron chi connectivity index (χ2n) is 15.0. The van der Waals surface area contributed by atoms with Crippen LogP contribution >= 0.6 is 11.3 Å². The van der Waals surface area contributed by atoms with E-state index in [1.54, 1.807) is 33.5 Å². The maximum absolute atomic E-state index is 13.9. The molecule has 0 radical (unpaired) electrons. The number of anilines is 2. The Kier molecular flexibility index (Phi) is 13.3. The number of benzene rings is 2. The van der Waals surface area contributed by atoms with E-state index in [-0.39, 0.29) is 42.0 Å². The Morgan fingerprint density at radius 2 is 1.40 bits per heavy atom. The lowest BCUT2D eigenvalue weighted by Gasteiger charge is -2.26. The third-order valence-electron chi connectivity index (χ3n) is 10.7. The van der Waals surface area contributed by atoms with Crippen molar-refractivity contribution in [3.63, 3.8) is 0 Å². The number of primary amides is 2. The van der Waals surface area contributed by atoms with Crippen LogP contribution in [-0.4, -0.2) is 95.7 Å². The van der Waals surface area contributed by atoms with Gasteiger partial charge in [0, 0.05) is 37.3 Å². The molecule has 1 aliphatic heterocycles. The molecular weight excluding hydrogens is 813 g/mol. The van der Waals surface area contributed by atoms with Crippen LogP contribution in [0.4, 0.5) is 11.9 Å². The highest BCUT2D eigenvalue weighted by Gasteiger charge is 2.24. The van der Waals surface area contributed by atoms with Crippen molar-refractivity contribution in [2.75, 3.05) is 44.0 Å². The van der Waals surface area contributed by atoms with Crippen LogP contribution in [0.3, 0.4) is 0 Å². The quantitative estimate of drug-likeness (QED) is 0.0626. The molecule has 1 aliphatic rings. The van der Waals surface area contributed by atoms with Gasteiger partial charge in [0.15, 0.2) is 0 Å². The maximum atomic E-state index is 13.9. The number of carbonyl (C=O) groups excluding carboxylic acids is 4. The summed E-state index contributed by atoms with van der Waals surface area (Å²) in [5, 5.41) is 11.1. The predicted molar refractivity (Wildman–Crippen MR) is 237 cm³/mol. The Morgan fingerprint density at radius 1 is 0.806 bits per heavy atom. The SMILES string of the molecule is CCc1nc(C)sc1C(=O)Nc1nc2cc(C(N)=O)cc(OCCCN3CCCCC3)c2n1C/C=C/Cn1c(NC(=O)c2cc(C)nn2CC)nc2cc(C(N)=O)cc(OC)c21. The van der Waals surface area contributed by atoms with Gasteiger partial charge < -0.3 is 35.0 Å². The van der Waals surface area contributed by atoms with Crippen LogP contribution < -0.4 is 31.6 Å². The molecule has 326 valence electrons. The van der Waals surface area contributed by atoms with Crippen molar-refractivity contribution < 1.29 is 28.7 Å². The summed E-state index contributed by atoms with van der Waals surface area (Å²) in [6.07, 6.45) is 8.72. The number of nitrogens with zero attached hydrogens (tertiary/aromatic N) is 8. The van der Waals surface area contributed by atoms with E-state index < -0.39 is 17.7 Å². The molecule has 62 heavy (non-hydrogen) atoms. The van der Waals surface area contributed by atoms with Crippen LogP contribution in [0.5, 0.6) is 11.5 Å². The van der Waals surface area contributed by atoms with Crippen molar-refractivity contribution in [2.45, 2.75) is 79.4 Å². The fourth-order valence-electron chi connectivity index (χ4n) is 7.75. The number of fused-ring (bicyclic) bond motifs is 2. The number of imidazole rings is 2. The second kappa shape index (κ2) is 19.0. The minimum Gasteiger partial charge on any atom is -0.494 e. The van der Waals surface area contributed by atoms with E-state index in [1.807, 2.05) is 44.4 Å². The Morgan fingerprint density at radius 3 is 1.98 bits per heavy atom. The smallest absolute Gasteiger partial charge is 0.276 e. The van der Waals surface area contributed by atoms with Gasteiger partial charge in [-0.2, -0.15) is 5.10 Å². The summed E-state index contributed by atoms with van der Waals surface area (Å²) >= 11 is 1.30. The van der Waals surface area contributed by atoms with Gasteiger partial charge in [-0.1, -0.05) is 25.5 Å². The molecule has 0 bridgehead atoms. The highest BCUT2D eigenvalue weighted by molar-refractivity contribution is 7.13. The van der Waals surface area contributed by atoms with Gasteiger partial charge in [0.25, 0.3) is 11.8 Å². The number of thiazole rings is 1. The number of likely N-dealkylation sites (tertiary alicyclic amines) is 1. The fraction of sp³-hybridized carbons (Fsp3) is 0.395. The molecule has 6 aromatic rings. The lowest BCUT2D eigenvalue weighted by molar-refractivity contribution is 0.0991. The number of carbonyl (C=O) groups is 4. The fourth-order valence-corrected chi connectivity index (χ4v) is 8.65. The van der Waals surface area contributed by atoms with Gasteiger partial charge in [-0.3, -0.25) is 34.5 Å². The second-order valence-corrected chi connectivity index (χ2v) is 16.2. The van der Waals surface area contributed by atoms with E-state index in [2.05, 4.69) is 25.6 Å². The minimum absolute atomic E-state index is 0.185. The molecule has 2 aromatic carbocycles. The summed E-state index contributed by atoms with van der Waals surface area (Å²) in [5.74, 6) is -0.923. The number of rotatable bonds is 18. The first-order chi connectivity index (χ1) is 29.9. The van der Waals surface area contributed by atoms with E-state index in [4.69, 9.17) is 30.9 Å². The van der Waals surface area contributed by atoms with Gasteiger partial charge in [0.2, 0.25) is 23.7 Å². The zero-order valence-electron chi connectivity index (χ0n) is 35.6. The van der Waals surface area contributed by atoms with E-state index in [0.717, 1.165) is 31.1 Å². The number of nitrogens with one attached hydrogen (secondary N) is 2. The number of allylic oxidation sites excluding steroid dienone is 2. The molecule has 0 unspecified atom stereocenters. The lowest BCUT2D eigenvalue weighted by Crippen LogP contribution is -2.31. The molecule has 4 aromatic heterocycles. The molecule has 4 amide bonds.